The number of nitrogens with two attached hydrogens (primary N) is 1. The van der Waals surface area contributed by atoms with Crippen molar-refractivity contribution in [1.82, 2.24) is 4.90 Å². The van der Waals surface area contributed by atoms with E-state index in [1.807, 2.05) is 0 Å². The summed E-state index contributed by atoms with van der Waals surface area (Å²) in [6.07, 6.45) is 3.00. The quantitative estimate of drug-likeness (QED) is 0.505. The third-order valence-electron chi connectivity index (χ3n) is 3.92. The number of anilines is 1. The van der Waals surface area contributed by atoms with Crippen LogP contribution in [0.4, 0.5) is 11.4 Å². The molecular weight excluding hydrogens is 272 g/mol. The number of nitro benzene ring substituents is 1. The van der Waals surface area contributed by atoms with Crippen molar-refractivity contribution in [2.24, 2.45) is 11.8 Å². The van der Waals surface area contributed by atoms with Crippen molar-refractivity contribution < 1.29 is 9.72 Å². The van der Waals surface area contributed by atoms with Gasteiger partial charge >= 0.3 is 0 Å². The SMILES string of the molecule is CC1CCCN(C(=O)c2cccc([N+](=O)[O-])c2NN)CC1. The van der Waals surface area contributed by atoms with Crippen LogP contribution in [0.1, 0.15) is 36.5 Å². The summed E-state index contributed by atoms with van der Waals surface area (Å²) in [6.45, 7) is 3.52. The van der Waals surface area contributed by atoms with E-state index < -0.39 is 4.92 Å². The fraction of sp³-hybridized carbons (Fsp3) is 0.500. The van der Waals surface area contributed by atoms with Gasteiger partial charge in [0.05, 0.1) is 10.5 Å². The predicted octanol–water partition coefficient (Wildman–Crippen LogP) is 2.14. The molecule has 2 rings (SSSR count). The van der Waals surface area contributed by atoms with Gasteiger partial charge in [0, 0.05) is 19.2 Å². The number of para-hydroxylation sites is 1. The lowest BCUT2D eigenvalue weighted by Gasteiger charge is -2.21. The molecule has 0 radical (unpaired) electrons. The van der Waals surface area contributed by atoms with Gasteiger partial charge in [0.2, 0.25) is 0 Å². The second-order valence-corrected chi connectivity index (χ2v) is 5.43. The molecule has 114 valence electrons. The van der Waals surface area contributed by atoms with Gasteiger partial charge in [-0.05, 0) is 31.2 Å². The van der Waals surface area contributed by atoms with E-state index in [1.165, 1.54) is 12.1 Å². The van der Waals surface area contributed by atoms with Crippen molar-refractivity contribution in [2.75, 3.05) is 18.5 Å². The topological polar surface area (TPSA) is 102 Å². The van der Waals surface area contributed by atoms with Crippen molar-refractivity contribution in [3.63, 3.8) is 0 Å². The second-order valence-electron chi connectivity index (χ2n) is 5.43. The third-order valence-corrected chi connectivity index (χ3v) is 3.92. The Morgan fingerprint density at radius 2 is 2.19 bits per heavy atom. The van der Waals surface area contributed by atoms with E-state index in [1.54, 1.807) is 11.0 Å². The molecule has 1 atom stereocenters. The number of nitro groups is 1. The van der Waals surface area contributed by atoms with E-state index in [2.05, 4.69) is 12.3 Å². The van der Waals surface area contributed by atoms with E-state index in [0.29, 0.717) is 19.0 Å². The normalized spacial score (nSPS) is 19.0. The Morgan fingerprint density at radius 1 is 1.43 bits per heavy atom. The summed E-state index contributed by atoms with van der Waals surface area (Å²) in [5.41, 5.74) is 2.44. The summed E-state index contributed by atoms with van der Waals surface area (Å²) in [5, 5.41) is 11.0. The monoisotopic (exact) mass is 292 g/mol. The number of benzene rings is 1. The smallest absolute Gasteiger partial charge is 0.294 e. The zero-order valence-corrected chi connectivity index (χ0v) is 12.0. The van der Waals surface area contributed by atoms with Crippen LogP contribution in [0.15, 0.2) is 18.2 Å². The summed E-state index contributed by atoms with van der Waals surface area (Å²) in [7, 11) is 0. The molecule has 1 heterocycles. The standard InChI is InChI=1S/C14H20N4O3/c1-10-4-3-8-17(9-7-10)14(19)11-5-2-6-12(18(20)21)13(11)16-15/h2,5-6,10,16H,3-4,7-9,15H2,1H3. The number of carbonyl (C=O) groups is 1. The number of nitrogens with zero attached hydrogens (tertiary/aromatic N) is 2. The minimum absolute atomic E-state index is 0.0739. The molecule has 7 heteroatoms. The summed E-state index contributed by atoms with van der Waals surface area (Å²) < 4.78 is 0. The van der Waals surface area contributed by atoms with Crippen LogP contribution in [0.5, 0.6) is 0 Å². The molecule has 1 amide bonds. The van der Waals surface area contributed by atoms with Gasteiger partial charge in [0.15, 0.2) is 0 Å². The first kappa shape index (κ1) is 15.2. The first-order valence-electron chi connectivity index (χ1n) is 7.08. The highest BCUT2D eigenvalue weighted by molar-refractivity contribution is 6.01. The van der Waals surface area contributed by atoms with Gasteiger partial charge in [0.1, 0.15) is 5.69 Å². The fourth-order valence-electron chi connectivity index (χ4n) is 2.66. The minimum atomic E-state index is -0.545. The van der Waals surface area contributed by atoms with Gasteiger partial charge in [-0.1, -0.05) is 13.0 Å². The number of amides is 1. The van der Waals surface area contributed by atoms with Crippen molar-refractivity contribution in [3.8, 4) is 0 Å². The van der Waals surface area contributed by atoms with E-state index in [9.17, 15) is 14.9 Å². The molecular formula is C14H20N4O3. The molecule has 0 aromatic heterocycles. The summed E-state index contributed by atoms with van der Waals surface area (Å²) >= 11 is 0. The molecule has 1 aromatic carbocycles. The average molecular weight is 292 g/mol. The maximum absolute atomic E-state index is 12.6. The Balaban J connectivity index is 2.30. The zero-order valence-electron chi connectivity index (χ0n) is 12.0. The molecule has 1 unspecified atom stereocenters. The molecule has 1 aliphatic heterocycles. The molecule has 7 nitrogen and oxygen atoms in total. The Bertz CT molecular complexity index is 547. The van der Waals surface area contributed by atoms with Crippen LogP contribution in [-0.4, -0.2) is 28.8 Å². The minimum Gasteiger partial charge on any atom is -0.339 e. The Labute approximate surface area is 123 Å². The molecule has 0 bridgehead atoms. The number of hydrogen-bond donors (Lipinski definition) is 2. The highest BCUT2D eigenvalue weighted by atomic mass is 16.6. The van der Waals surface area contributed by atoms with Gasteiger partial charge in [-0.15, -0.1) is 0 Å². The highest BCUT2D eigenvalue weighted by Crippen LogP contribution is 2.29. The number of nitrogen functional groups attached to an aromatic ring is 1. The van der Waals surface area contributed by atoms with Crippen LogP contribution in [0.3, 0.4) is 0 Å². The number of likely N-dealkylation sites (tertiary alicyclic amines) is 1. The zero-order chi connectivity index (χ0) is 15.4. The summed E-state index contributed by atoms with van der Waals surface area (Å²) in [4.78, 5) is 24.8. The number of rotatable bonds is 3. The van der Waals surface area contributed by atoms with Gasteiger partial charge in [-0.3, -0.25) is 20.8 Å². The van der Waals surface area contributed by atoms with Gasteiger partial charge < -0.3 is 10.3 Å². The van der Waals surface area contributed by atoms with Crippen molar-refractivity contribution >= 4 is 17.3 Å². The molecule has 1 aliphatic rings. The van der Waals surface area contributed by atoms with Crippen LogP contribution in [-0.2, 0) is 0 Å². The summed E-state index contributed by atoms with van der Waals surface area (Å²) in [5.74, 6) is 5.77. The van der Waals surface area contributed by atoms with Gasteiger partial charge in [-0.25, -0.2) is 0 Å². The molecule has 0 saturated carbocycles. The van der Waals surface area contributed by atoms with Crippen molar-refractivity contribution in [3.05, 3.63) is 33.9 Å². The molecule has 0 spiro atoms. The van der Waals surface area contributed by atoms with Crippen LogP contribution in [0.2, 0.25) is 0 Å². The Kier molecular flexibility index (Phi) is 4.74. The fourth-order valence-corrected chi connectivity index (χ4v) is 2.66. The van der Waals surface area contributed by atoms with Crippen LogP contribution in [0.25, 0.3) is 0 Å². The number of carbonyl (C=O) groups excluding carboxylic acids is 1. The lowest BCUT2D eigenvalue weighted by molar-refractivity contribution is -0.384. The first-order chi connectivity index (χ1) is 10.0. The van der Waals surface area contributed by atoms with E-state index >= 15 is 0 Å². The molecule has 3 N–H and O–H groups in total. The van der Waals surface area contributed by atoms with Gasteiger partial charge in [-0.2, -0.15) is 0 Å². The lowest BCUT2D eigenvalue weighted by Crippen LogP contribution is -2.33. The Hall–Kier alpha value is -2.15. The third kappa shape index (κ3) is 3.30. The lowest BCUT2D eigenvalue weighted by atomic mass is 10.0. The maximum Gasteiger partial charge on any atom is 0.294 e. The predicted molar refractivity (Wildman–Crippen MR) is 79.8 cm³/mol. The van der Waals surface area contributed by atoms with Crippen LogP contribution < -0.4 is 11.3 Å². The molecule has 1 aromatic rings. The van der Waals surface area contributed by atoms with E-state index in [4.69, 9.17) is 5.84 Å². The van der Waals surface area contributed by atoms with E-state index in [-0.39, 0.29) is 22.8 Å². The first-order valence-corrected chi connectivity index (χ1v) is 7.08. The largest absolute Gasteiger partial charge is 0.339 e. The van der Waals surface area contributed by atoms with Crippen LogP contribution in [0, 0.1) is 16.0 Å². The van der Waals surface area contributed by atoms with Gasteiger partial charge in [0.25, 0.3) is 11.6 Å². The van der Waals surface area contributed by atoms with Crippen LogP contribution >= 0.6 is 0 Å². The Morgan fingerprint density at radius 3 is 2.86 bits per heavy atom. The number of hydrazine groups is 1. The van der Waals surface area contributed by atoms with Crippen molar-refractivity contribution in [1.29, 1.82) is 0 Å². The molecule has 1 saturated heterocycles. The van der Waals surface area contributed by atoms with Crippen molar-refractivity contribution in [2.45, 2.75) is 26.2 Å². The highest BCUT2D eigenvalue weighted by Gasteiger charge is 2.25. The maximum atomic E-state index is 12.6. The number of nitrogens with one attached hydrogen (secondary N) is 1. The molecule has 1 fully saturated rings. The molecule has 0 aliphatic carbocycles. The molecule has 21 heavy (non-hydrogen) atoms. The number of hydrogen-bond acceptors (Lipinski definition) is 5. The second kappa shape index (κ2) is 6.53. The van der Waals surface area contributed by atoms with E-state index in [0.717, 1.165) is 19.3 Å². The summed E-state index contributed by atoms with van der Waals surface area (Å²) in [6, 6.07) is 4.40. The average Bonchev–Trinajstić information content (AvgIpc) is 2.70.